The van der Waals surface area contributed by atoms with Crippen molar-refractivity contribution in [3.8, 4) is 0 Å². The van der Waals surface area contributed by atoms with E-state index >= 15 is 0 Å². The first-order valence-corrected chi connectivity index (χ1v) is 7.09. The maximum Gasteiger partial charge on any atom is 0.0620 e. The molecule has 2 atom stereocenters. The molecule has 88 valence electrons. The monoisotopic (exact) mass is 235 g/mol. The van der Waals surface area contributed by atoms with E-state index in [0.717, 1.165) is 12.5 Å². The van der Waals surface area contributed by atoms with E-state index in [1.54, 1.807) is 0 Å². The second-order valence-electron chi connectivity index (χ2n) is 5.01. The van der Waals surface area contributed by atoms with E-state index in [4.69, 9.17) is 0 Å². The first-order valence-electron chi connectivity index (χ1n) is 6.11. The summed E-state index contributed by atoms with van der Waals surface area (Å²) in [5.74, 6) is 2.10. The molecule has 0 bridgehead atoms. The van der Waals surface area contributed by atoms with E-state index in [1.165, 1.54) is 24.2 Å². The van der Waals surface area contributed by atoms with E-state index in [2.05, 4.69) is 61.3 Å². The van der Waals surface area contributed by atoms with Crippen LogP contribution in [-0.4, -0.2) is 17.2 Å². The van der Waals surface area contributed by atoms with Crippen molar-refractivity contribution in [1.29, 1.82) is 0 Å². The van der Waals surface area contributed by atoms with E-state index in [1.807, 2.05) is 0 Å². The fourth-order valence-electron chi connectivity index (χ4n) is 2.01. The molecule has 1 N–H and O–H groups in total. The first kappa shape index (κ1) is 12.0. The maximum absolute atomic E-state index is 3.68. The van der Waals surface area contributed by atoms with Crippen LogP contribution in [0.25, 0.3) is 0 Å². The van der Waals surface area contributed by atoms with Crippen LogP contribution in [0.15, 0.2) is 30.3 Å². The van der Waals surface area contributed by atoms with Gasteiger partial charge in [-0.2, -0.15) is 0 Å². The van der Waals surface area contributed by atoms with E-state index in [0.29, 0.717) is 0 Å². The number of thioether (sulfide) groups is 1. The molecule has 0 spiro atoms. The Balaban J connectivity index is 1.85. The normalized spacial score (nSPS) is 30.2. The second kappa shape index (κ2) is 5.24. The van der Waals surface area contributed by atoms with Crippen LogP contribution < -0.4 is 5.32 Å². The fourth-order valence-corrected chi connectivity index (χ4v) is 3.22. The van der Waals surface area contributed by atoms with Gasteiger partial charge in [-0.3, -0.25) is 0 Å². The zero-order valence-electron chi connectivity index (χ0n) is 10.2. The predicted molar refractivity (Wildman–Crippen MR) is 72.8 cm³/mol. The van der Waals surface area contributed by atoms with Crippen molar-refractivity contribution in [1.82, 2.24) is 5.32 Å². The van der Waals surface area contributed by atoms with Crippen LogP contribution in [0.2, 0.25) is 0 Å². The highest BCUT2D eigenvalue weighted by molar-refractivity contribution is 8.00. The minimum absolute atomic E-state index is 0.280. The summed E-state index contributed by atoms with van der Waals surface area (Å²) < 4.78 is 0. The van der Waals surface area contributed by atoms with Crippen molar-refractivity contribution in [2.75, 3.05) is 12.3 Å². The zero-order chi connectivity index (χ0) is 11.4. The molecule has 16 heavy (non-hydrogen) atoms. The number of aryl methyl sites for hydroxylation is 1. The van der Waals surface area contributed by atoms with Crippen molar-refractivity contribution in [2.24, 2.45) is 5.92 Å². The lowest BCUT2D eigenvalue weighted by molar-refractivity contribution is 0.412. The minimum atomic E-state index is 0.280. The third-order valence-corrected chi connectivity index (χ3v) is 4.97. The van der Waals surface area contributed by atoms with Crippen LogP contribution in [0, 0.1) is 5.92 Å². The summed E-state index contributed by atoms with van der Waals surface area (Å²) in [6.45, 7) is 5.82. The Morgan fingerprint density at radius 2 is 2.12 bits per heavy atom. The third kappa shape index (κ3) is 3.26. The molecule has 0 aliphatic carbocycles. The second-order valence-corrected chi connectivity index (χ2v) is 6.54. The maximum atomic E-state index is 3.68. The molecule has 1 aliphatic rings. The lowest BCUT2D eigenvalue weighted by Crippen LogP contribution is -2.46. The molecule has 1 aliphatic heterocycles. The van der Waals surface area contributed by atoms with Crippen molar-refractivity contribution >= 4 is 11.8 Å². The van der Waals surface area contributed by atoms with Crippen molar-refractivity contribution in [2.45, 2.75) is 31.6 Å². The van der Waals surface area contributed by atoms with Crippen LogP contribution in [0.4, 0.5) is 0 Å². The quantitative estimate of drug-likeness (QED) is 0.862. The largest absolute Gasteiger partial charge is 0.303 e. The van der Waals surface area contributed by atoms with Gasteiger partial charge in [-0.15, -0.1) is 11.8 Å². The van der Waals surface area contributed by atoms with Crippen LogP contribution in [-0.2, 0) is 6.42 Å². The third-order valence-electron chi connectivity index (χ3n) is 3.24. The molecule has 1 aromatic carbocycles. The summed E-state index contributed by atoms with van der Waals surface area (Å²) in [6.07, 6.45) is 2.39. The summed E-state index contributed by atoms with van der Waals surface area (Å²) in [5.41, 5.74) is 1.45. The first-order chi connectivity index (χ1) is 7.68. The molecular formula is C14H21NS. The van der Waals surface area contributed by atoms with Gasteiger partial charge in [0, 0.05) is 0 Å². The Hall–Kier alpha value is -0.470. The Morgan fingerprint density at radius 1 is 1.38 bits per heavy atom. The molecular weight excluding hydrogens is 214 g/mol. The number of nitrogens with one attached hydrogen (secondary N) is 1. The molecule has 2 heteroatoms. The van der Waals surface area contributed by atoms with Crippen molar-refractivity contribution in [3.05, 3.63) is 35.9 Å². The molecule has 0 saturated carbocycles. The van der Waals surface area contributed by atoms with Gasteiger partial charge in [0.1, 0.15) is 0 Å². The fraction of sp³-hybridized carbons (Fsp3) is 0.571. The smallest absolute Gasteiger partial charge is 0.0620 e. The van der Waals surface area contributed by atoms with Gasteiger partial charge in [-0.05, 0) is 43.5 Å². The van der Waals surface area contributed by atoms with Gasteiger partial charge < -0.3 is 5.32 Å². The van der Waals surface area contributed by atoms with Gasteiger partial charge >= 0.3 is 0 Å². The van der Waals surface area contributed by atoms with Crippen molar-refractivity contribution in [3.63, 3.8) is 0 Å². The zero-order valence-corrected chi connectivity index (χ0v) is 11.0. The van der Waals surface area contributed by atoms with Crippen LogP contribution in [0.3, 0.4) is 0 Å². The highest BCUT2D eigenvalue weighted by Gasteiger charge is 2.28. The standard InChI is InChI=1S/C14H21NS/c1-12-10-15-14(2,16-11-12)9-8-13-6-4-3-5-7-13/h3-7,12,15H,8-11H2,1-2H3. The van der Waals surface area contributed by atoms with Gasteiger partial charge in [0.2, 0.25) is 0 Å². The van der Waals surface area contributed by atoms with E-state index in [-0.39, 0.29) is 4.87 Å². The molecule has 0 radical (unpaired) electrons. The summed E-state index contributed by atoms with van der Waals surface area (Å²) >= 11 is 2.08. The van der Waals surface area contributed by atoms with E-state index < -0.39 is 0 Å². The van der Waals surface area contributed by atoms with Crippen LogP contribution in [0.5, 0.6) is 0 Å². The molecule has 1 nitrogen and oxygen atoms in total. The van der Waals surface area contributed by atoms with Gasteiger partial charge in [0.25, 0.3) is 0 Å². The topological polar surface area (TPSA) is 12.0 Å². The minimum Gasteiger partial charge on any atom is -0.303 e. The summed E-state index contributed by atoms with van der Waals surface area (Å²) in [7, 11) is 0. The predicted octanol–water partition coefficient (Wildman–Crippen LogP) is 3.31. The lowest BCUT2D eigenvalue weighted by atomic mass is 10.0. The Kier molecular flexibility index (Phi) is 3.93. The van der Waals surface area contributed by atoms with Gasteiger partial charge in [0.05, 0.1) is 4.87 Å². The van der Waals surface area contributed by atoms with E-state index in [9.17, 15) is 0 Å². The summed E-state index contributed by atoms with van der Waals surface area (Å²) in [4.78, 5) is 0.280. The SMILES string of the molecule is CC1CNC(C)(CCc2ccccc2)SC1. The Bertz CT molecular complexity index is 315. The van der Waals surface area contributed by atoms with Crippen LogP contribution >= 0.6 is 11.8 Å². The molecule has 0 amide bonds. The Morgan fingerprint density at radius 3 is 2.75 bits per heavy atom. The molecule has 1 fully saturated rings. The number of rotatable bonds is 3. The number of benzene rings is 1. The average molecular weight is 235 g/mol. The molecule has 1 heterocycles. The number of hydrogen-bond donors (Lipinski definition) is 1. The Labute approximate surface area is 103 Å². The highest BCUT2D eigenvalue weighted by atomic mass is 32.2. The van der Waals surface area contributed by atoms with Crippen molar-refractivity contribution < 1.29 is 0 Å². The molecule has 2 unspecified atom stereocenters. The lowest BCUT2D eigenvalue weighted by Gasteiger charge is -2.37. The van der Waals surface area contributed by atoms with Gasteiger partial charge in [-0.1, -0.05) is 37.3 Å². The summed E-state index contributed by atoms with van der Waals surface area (Å²) in [5, 5.41) is 3.68. The highest BCUT2D eigenvalue weighted by Crippen LogP contribution is 2.32. The average Bonchev–Trinajstić information content (AvgIpc) is 2.33. The molecule has 1 saturated heterocycles. The molecule has 0 aromatic heterocycles. The van der Waals surface area contributed by atoms with Gasteiger partial charge in [0.15, 0.2) is 0 Å². The van der Waals surface area contributed by atoms with Gasteiger partial charge in [-0.25, -0.2) is 0 Å². The molecule has 1 aromatic rings. The van der Waals surface area contributed by atoms with Crippen LogP contribution in [0.1, 0.15) is 25.8 Å². The molecule has 2 rings (SSSR count). The summed E-state index contributed by atoms with van der Waals surface area (Å²) in [6, 6.07) is 10.8. The number of hydrogen-bond acceptors (Lipinski definition) is 2.